The lowest BCUT2D eigenvalue weighted by Gasteiger charge is -2.26. The number of carbonyl (C=O) groups is 2. The van der Waals surface area contributed by atoms with Crippen molar-refractivity contribution in [3.05, 3.63) is 52.8 Å². The van der Waals surface area contributed by atoms with E-state index in [0.717, 1.165) is 10.2 Å². The van der Waals surface area contributed by atoms with Gasteiger partial charge in [0, 0.05) is 18.2 Å². The predicted octanol–water partition coefficient (Wildman–Crippen LogP) is 1.92. The Morgan fingerprint density at radius 1 is 1.12 bits per heavy atom. The number of carboxylic acid groups (broad SMARTS) is 1. The molecule has 0 aliphatic rings. The maximum atomic E-state index is 12.2. The van der Waals surface area contributed by atoms with Gasteiger partial charge in [-0.05, 0) is 18.9 Å². The van der Waals surface area contributed by atoms with Crippen molar-refractivity contribution in [1.29, 1.82) is 0 Å². The van der Waals surface area contributed by atoms with Crippen LogP contribution in [0.5, 0.6) is 0 Å². The second-order valence-corrected chi connectivity index (χ2v) is 6.15. The second-order valence-electron chi connectivity index (χ2n) is 6.15. The van der Waals surface area contributed by atoms with Gasteiger partial charge in [0.15, 0.2) is 0 Å². The molecular weight excluding hydrogens is 334 g/mol. The van der Waals surface area contributed by atoms with Crippen molar-refractivity contribution in [3.63, 3.8) is 0 Å². The molecule has 26 heavy (non-hydrogen) atoms. The fourth-order valence-corrected chi connectivity index (χ4v) is 2.66. The summed E-state index contributed by atoms with van der Waals surface area (Å²) in [6.45, 7) is 3.31. The van der Waals surface area contributed by atoms with E-state index >= 15 is 0 Å². The molecular formula is C19H23N3O4. The molecule has 2 rings (SSSR count). The summed E-state index contributed by atoms with van der Waals surface area (Å²) in [4.78, 5) is 35.7. The van der Waals surface area contributed by atoms with E-state index in [9.17, 15) is 19.5 Å². The van der Waals surface area contributed by atoms with Gasteiger partial charge in [-0.25, -0.2) is 4.68 Å². The first kappa shape index (κ1) is 19.4. The molecule has 1 aromatic carbocycles. The van der Waals surface area contributed by atoms with Crippen LogP contribution in [0.4, 0.5) is 0 Å². The summed E-state index contributed by atoms with van der Waals surface area (Å²) in [5.74, 6) is -1.39. The highest BCUT2D eigenvalue weighted by molar-refractivity contribution is 5.79. The van der Waals surface area contributed by atoms with Gasteiger partial charge in [0.05, 0.1) is 11.1 Å². The van der Waals surface area contributed by atoms with Gasteiger partial charge in [0.25, 0.3) is 5.56 Å². The molecule has 1 amide bonds. The Morgan fingerprint density at radius 2 is 1.77 bits per heavy atom. The number of aromatic nitrogens is 2. The molecule has 0 unspecified atom stereocenters. The number of benzene rings is 1. The Hall–Kier alpha value is -2.96. The predicted molar refractivity (Wildman–Crippen MR) is 97.6 cm³/mol. The van der Waals surface area contributed by atoms with E-state index in [2.05, 4.69) is 10.4 Å². The first-order chi connectivity index (χ1) is 12.4. The van der Waals surface area contributed by atoms with Crippen LogP contribution in [0, 0.1) is 5.41 Å². The van der Waals surface area contributed by atoms with Crippen LogP contribution in [-0.2, 0) is 16.1 Å². The van der Waals surface area contributed by atoms with Crippen LogP contribution in [0.1, 0.15) is 26.7 Å². The van der Waals surface area contributed by atoms with Crippen LogP contribution < -0.4 is 10.9 Å². The molecule has 0 saturated heterocycles. The van der Waals surface area contributed by atoms with E-state index in [1.165, 1.54) is 6.07 Å². The highest BCUT2D eigenvalue weighted by atomic mass is 16.4. The Morgan fingerprint density at radius 3 is 2.35 bits per heavy atom. The monoisotopic (exact) mass is 357 g/mol. The normalized spacial score (nSPS) is 11.2. The van der Waals surface area contributed by atoms with Gasteiger partial charge in [-0.3, -0.25) is 14.4 Å². The summed E-state index contributed by atoms with van der Waals surface area (Å²) in [5, 5.41) is 16.3. The smallest absolute Gasteiger partial charge is 0.311 e. The fourth-order valence-electron chi connectivity index (χ4n) is 2.66. The van der Waals surface area contributed by atoms with E-state index in [0.29, 0.717) is 18.5 Å². The maximum Gasteiger partial charge on any atom is 0.311 e. The molecule has 0 aliphatic carbocycles. The van der Waals surface area contributed by atoms with Gasteiger partial charge < -0.3 is 10.4 Å². The third-order valence-electron chi connectivity index (χ3n) is 4.66. The summed E-state index contributed by atoms with van der Waals surface area (Å²) in [6, 6.07) is 12.3. The minimum Gasteiger partial charge on any atom is -0.481 e. The SMILES string of the molecule is CCC(CC)(CNC(=O)Cn1nc(-c2ccccc2)ccc1=O)C(=O)O. The van der Waals surface area contributed by atoms with E-state index < -0.39 is 22.9 Å². The number of nitrogens with zero attached hydrogens (tertiary/aromatic N) is 2. The van der Waals surface area contributed by atoms with Crippen LogP contribution >= 0.6 is 0 Å². The molecule has 2 aromatic rings. The molecule has 0 bridgehead atoms. The zero-order valence-electron chi connectivity index (χ0n) is 14.9. The number of nitrogens with one attached hydrogen (secondary N) is 1. The number of carbonyl (C=O) groups excluding carboxylic acids is 1. The number of amides is 1. The third kappa shape index (κ3) is 4.36. The minimum atomic E-state index is -1.00. The quantitative estimate of drug-likeness (QED) is 0.751. The maximum absolute atomic E-state index is 12.2. The van der Waals surface area contributed by atoms with Crippen molar-refractivity contribution < 1.29 is 14.7 Å². The summed E-state index contributed by atoms with van der Waals surface area (Å²) in [7, 11) is 0. The Balaban J connectivity index is 2.12. The number of hydrogen-bond acceptors (Lipinski definition) is 4. The molecule has 0 aliphatic heterocycles. The first-order valence-electron chi connectivity index (χ1n) is 8.55. The Kier molecular flexibility index (Phi) is 6.27. The van der Waals surface area contributed by atoms with Crippen molar-refractivity contribution in [2.24, 2.45) is 5.41 Å². The number of carboxylic acids is 1. The number of hydrogen-bond donors (Lipinski definition) is 2. The molecule has 0 spiro atoms. The van der Waals surface area contributed by atoms with Crippen LogP contribution in [0.25, 0.3) is 11.3 Å². The number of rotatable bonds is 8. The van der Waals surface area contributed by atoms with Gasteiger partial charge in [-0.15, -0.1) is 0 Å². The lowest BCUT2D eigenvalue weighted by molar-refractivity contribution is -0.149. The lowest BCUT2D eigenvalue weighted by Crippen LogP contribution is -2.44. The Labute approximate surface area is 151 Å². The summed E-state index contributed by atoms with van der Waals surface area (Å²) in [5.41, 5.74) is 0.0266. The highest BCUT2D eigenvalue weighted by Gasteiger charge is 2.35. The summed E-state index contributed by atoms with van der Waals surface area (Å²) >= 11 is 0. The standard InChI is InChI=1S/C19H23N3O4/c1-3-19(4-2,18(25)26)13-20-16(23)12-22-17(24)11-10-15(21-22)14-8-6-5-7-9-14/h5-11H,3-4,12-13H2,1-2H3,(H,20,23)(H,25,26). The average molecular weight is 357 g/mol. The van der Waals surface area contributed by atoms with Gasteiger partial charge in [-0.1, -0.05) is 44.2 Å². The van der Waals surface area contributed by atoms with Crippen molar-refractivity contribution >= 4 is 11.9 Å². The molecule has 7 heteroatoms. The van der Waals surface area contributed by atoms with Crippen LogP contribution in [-0.4, -0.2) is 33.3 Å². The van der Waals surface area contributed by atoms with Crippen LogP contribution in [0.15, 0.2) is 47.3 Å². The first-order valence-corrected chi connectivity index (χ1v) is 8.55. The molecule has 138 valence electrons. The van der Waals surface area contributed by atoms with Gasteiger partial charge in [0.2, 0.25) is 5.91 Å². The van der Waals surface area contributed by atoms with Crippen LogP contribution in [0.3, 0.4) is 0 Å². The van der Waals surface area contributed by atoms with Crippen molar-refractivity contribution in [2.75, 3.05) is 6.54 Å². The molecule has 1 aromatic heterocycles. The topological polar surface area (TPSA) is 101 Å². The van der Waals surface area contributed by atoms with Gasteiger partial charge in [-0.2, -0.15) is 5.10 Å². The number of aliphatic carboxylic acids is 1. The Bertz CT molecular complexity index is 826. The molecule has 0 fully saturated rings. The van der Waals surface area contributed by atoms with Crippen molar-refractivity contribution in [2.45, 2.75) is 33.2 Å². The molecule has 0 saturated carbocycles. The fraction of sp³-hybridized carbons (Fsp3) is 0.368. The van der Waals surface area contributed by atoms with E-state index in [4.69, 9.17) is 0 Å². The van der Waals surface area contributed by atoms with Crippen molar-refractivity contribution in [1.82, 2.24) is 15.1 Å². The third-order valence-corrected chi connectivity index (χ3v) is 4.66. The molecule has 0 radical (unpaired) electrons. The minimum absolute atomic E-state index is 0.0152. The molecule has 2 N–H and O–H groups in total. The summed E-state index contributed by atoms with van der Waals surface area (Å²) < 4.78 is 1.08. The van der Waals surface area contributed by atoms with E-state index in [-0.39, 0.29) is 13.1 Å². The van der Waals surface area contributed by atoms with E-state index in [1.54, 1.807) is 19.9 Å². The van der Waals surface area contributed by atoms with Gasteiger partial charge >= 0.3 is 5.97 Å². The zero-order chi connectivity index (χ0) is 19.2. The highest BCUT2D eigenvalue weighted by Crippen LogP contribution is 2.25. The average Bonchev–Trinajstić information content (AvgIpc) is 2.65. The lowest BCUT2D eigenvalue weighted by atomic mass is 9.82. The van der Waals surface area contributed by atoms with Crippen LogP contribution in [0.2, 0.25) is 0 Å². The van der Waals surface area contributed by atoms with Crippen molar-refractivity contribution in [3.8, 4) is 11.3 Å². The second kappa shape index (κ2) is 8.42. The van der Waals surface area contributed by atoms with Gasteiger partial charge in [0.1, 0.15) is 6.54 Å². The summed E-state index contributed by atoms with van der Waals surface area (Å²) in [6.07, 6.45) is 0.807. The molecule has 7 nitrogen and oxygen atoms in total. The van der Waals surface area contributed by atoms with E-state index in [1.807, 2.05) is 30.3 Å². The molecule has 0 atom stereocenters. The zero-order valence-corrected chi connectivity index (χ0v) is 14.9. The molecule has 1 heterocycles. The largest absolute Gasteiger partial charge is 0.481 e.